The van der Waals surface area contributed by atoms with Gasteiger partial charge in [0.25, 0.3) is 0 Å². The number of nitrogens with one attached hydrogen (secondary N) is 1. The molecule has 2 heterocycles. The Morgan fingerprint density at radius 3 is 2.41 bits per heavy atom. The highest BCUT2D eigenvalue weighted by Gasteiger charge is 2.37. The Balaban J connectivity index is 1.59. The molecule has 0 bridgehead atoms. The molecule has 1 saturated heterocycles. The van der Waals surface area contributed by atoms with E-state index in [-0.39, 0.29) is 23.3 Å². The number of pyridine rings is 1. The summed E-state index contributed by atoms with van der Waals surface area (Å²) in [5.41, 5.74) is 0.884. The molecule has 0 spiro atoms. The van der Waals surface area contributed by atoms with Crippen molar-refractivity contribution in [3.8, 4) is 0 Å². The predicted octanol–water partition coefficient (Wildman–Crippen LogP) is 2.84. The molecule has 1 atom stereocenters. The third-order valence-electron chi connectivity index (χ3n) is 6.03. The molecule has 6 heteroatoms. The van der Waals surface area contributed by atoms with Gasteiger partial charge in [0, 0.05) is 38.8 Å². The zero-order valence-electron chi connectivity index (χ0n) is 18.2. The number of aromatic nitrogens is 1. The van der Waals surface area contributed by atoms with Gasteiger partial charge in [-0.05, 0) is 36.3 Å². The van der Waals surface area contributed by atoms with Crippen molar-refractivity contribution in [2.24, 2.45) is 11.3 Å². The van der Waals surface area contributed by atoms with Crippen LogP contribution in [-0.4, -0.2) is 58.8 Å². The van der Waals surface area contributed by atoms with Gasteiger partial charge in [-0.25, -0.2) is 0 Å². The maximum Gasteiger partial charge on any atom is 0.237 e. The van der Waals surface area contributed by atoms with Gasteiger partial charge in [-0.3, -0.25) is 19.5 Å². The van der Waals surface area contributed by atoms with E-state index in [2.05, 4.69) is 36.0 Å². The van der Waals surface area contributed by atoms with Crippen molar-refractivity contribution in [3.63, 3.8) is 0 Å². The first-order valence-electron chi connectivity index (χ1n) is 11.0. The molecule has 29 heavy (non-hydrogen) atoms. The topological polar surface area (TPSA) is 65.5 Å². The van der Waals surface area contributed by atoms with Crippen molar-refractivity contribution in [1.82, 2.24) is 20.1 Å². The van der Waals surface area contributed by atoms with Gasteiger partial charge in [0.05, 0.1) is 18.3 Å². The Morgan fingerprint density at radius 2 is 1.83 bits per heavy atom. The highest BCUT2D eigenvalue weighted by atomic mass is 16.2. The first-order valence-corrected chi connectivity index (χ1v) is 11.0. The molecule has 1 N–H and O–H groups in total. The first kappa shape index (κ1) is 21.8. The van der Waals surface area contributed by atoms with Gasteiger partial charge in [-0.2, -0.15) is 0 Å². The fraction of sp³-hybridized carbons (Fsp3) is 0.696. The van der Waals surface area contributed by atoms with Crippen molar-refractivity contribution in [3.05, 3.63) is 30.1 Å². The van der Waals surface area contributed by atoms with Crippen LogP contribution in [0.1, 0.15) is 58.6 Å². The molecule has 2 fully saturated rings. The fourth-order valence-electron chi connectivity index (χ4n) is 4.55. The van der Waals surface area contributed by atoms with Gasteiger partial charge in [0.15, 0.2) is 0 Å². The average molecular weight is 401 g/mol. The Kier molecular flexibility index (Phi) is 7.28. The lowest BCUT2D eigenvalue weighted by atomic mass is 9.91. The molecule has 0 radical (unpaired) electrons. The molecule has 1 saturated carbocycles. The van der Waals surface area contributed by atoms with Gasteiger partial charge in [-0.15, -0.1) is 0 Å². The molecule has 160 valence electrons. The number of hydrogen-bond acceptors (Lipinski definition) is 4. The van der Waals surface area contributed by atoms with Crippen LogP contribution in [0.3, 0.4) is 0 Å². The maximum atomic E-state index is 13.1. The summed E-state index contributed by atoms with van der Waals surface area (Å²) < 4.78 is 0. The van der Waals surface area contributed by atoms with Crippen molar-refractivity contribution in [1.29, 1.82) is 0 Å². The number of amides is 2. The summed E-state index contributed by atoms with van der Waals surface area (Å²) in [5, 5.41) is 3.11. The summed E-state index contributed by atoms with van der Waals surface area (Å²) >= 11 is 0. The number of nitrogens with zero attached hydrogens (tertiary/aromatic N) is 3. The largest absolute Gasteiger partial charge is 0.349 e. The summed E-state index contributed by atoms with van der Waals surface area (Å²) in [4.78, 5) is 34.3. The number of hydrogen-bond donors (Lipinski definition) is 1. The SMILES string of the molecule is CC(C)(C)CC(=O)N1CCN([C@H](C(=O)NCc2ccccn2)C2CCCC2)CC1. The molecule has 6 nitrogen and oxygen atoms in total. The van der Waals surface area contributed by atoms with Crippen LogP contribution in [0, 0.1) is 11.3 Å². The molecule has 3 rings (SSSR count). The molecule has 1 aromatic rings. The van der Waals surface area contributed by atoms with Crippen LogP contribution in [0.15, 0.2) is 24.4 Å². The molecule has 0 unspecified atom stereocenters. The molecule has 1 aromatic heterocycles. The highest BCUT2D eigenvalue weighted by molar-refractivity contribution is 5.82. The Hall–Kier alpha value is -1.95. The van der Waals surface area contributed by atoms with Crippen LogP contribution in [-0.2, 0) is 16.1 Å². The third-order valence-corrected chi connectivity index (χ3v) is 6.03. The minimum Gasteiger partial charge on any atom is -0.349 e. The number of carbonyl (C=O) groups is 2. The summed E-state index contributed by atoms with van der Waals surface area (Å²) in [7, 11) is 0. The van der Waals surface area contributed by atoms with Crippen LogP contribution in [0.4, 0.5) is 0 Å². The van der Waals surface area contributed by atoms with Crippen molar-refractivity contribution in [2.45, 2.75) is 65.5 Å². The monoisotopic (exact) mass is 400 g/mol. The fourth-order valence-corrected chi connectivity index (χ4v) is 4.55. The zero-order chi connectivity index (χ0) is 20.9. The molecule has 1 aliphatic heterocycles. The van der Waals surface area contributed by atoms with Gasteiger partial charge >= 0.3 is 0 Å². The smallest absolute Gasteiger partial charge is 0.237 e. The molecular formula is C23H36N4O2. The van der Waals surface area contributed by atoms with E-state index in [1.807, 2.05) is 23.1 Å². The van der Waals surface area contributed by atoms with E-state index in [0.717, 1.165) is 31.6 Å². The standard InChI is InChI=1S/C23H36N4O2/c1-23(2,3)16-20(28)26-12-14-27(15-13-26)21(18-8-4-5-9-18)22(29)25-17-19-10-6-7-11-24-19/h6-7,10-11,18,21H,4-5,8-9,12-17H2,1-3H3,(H,25,29)/t21-/m0/s1. The molecule has 2 amide bonds. The maximum absolute atomic E-state index is 13.1. The quantitative estimate of drug-likeness (QED) is 0.797. The van der Waals surface area contributed by atoms with Gasteiger partial charge < -0.3 is 10.2 Å². The average Bonchev–Trinajstić information content (AvgIpc) is 3.21. The Labute approximate surface area is 175 Å². The number of piperazine rings is 1. The molecule has 1 aliphatic carbocycles. The zero-order valence-corrected chi connectivity index (χ0v) is 18.2. The van der Waals surface area contributed by atoms with Crippen LogP contribution in [0.25, 0.3) is 0 Å². The van der Waals surface area contributed by atoms with E-state index in [1.54, 1.807) is 6.20 Å². The predicted molar refractivity (Wildman–Crippen MR) is 114 cm³/mol. The second-order valence-corrected chi connectivity index (χ2v) is 9.68. The summed E-state index contributed by atoms with van der Waals surface area (Å²) in [5.74, 6) is 0.752. The molecule has 0 aromatic carbocycles. The highest BCUT2D eigenvalue weighted by Crippen LogP contribution is 2.31. The minimum absolute atomic E-state index is 0.00591. The third kappa shape index (κ3) is 6.26. The summed E-state index contributed by atoms with van der Waals surface area (Å²) in [6.07, 6.45) is 6.97. The van der Waals surface area contributed by atoms with Gasteiger partial charge in [-0.1, -0.05) is 39.7 Å². The first-order chi connectivity index (χ1) is 13.8. The van der Waals surface area contributed by atoms with Crippen LogP contribution < -0.4 is 5.32 Å². The summed E-state index contributed by atoms with van der Waals surface area (Å²) in [6, 6.07) is 5.66. The van der Waals surface area contributed by atoms with E-state index in [1.165, 1.54) is 12.8 Å². The van der Waals surface area contributed by atoms with Crippen LogP contribution in [0.5, 0.6) is 0 Å². The second kappa shape index (κ2) is 9.70. The molecular weight excluding hydrogens is 364 g/mol. The summed E-state index contributed by atoms with van der Waals surface area (Å²) in [6.45, 7) is 9.74. The van der Waals surface area contributed by atoms with Crippen molar-refractivity contribution >= 4 is 11.8 Å². The van der Waals surface area contributed by atoms with Gasteiger partial charge in [0.2, 0.25) is 11.8 Å². The van der Waals surface area contributed by atoms with E-state index in [4.69, 9.17) is 0 Å². The van der Waals surface area contributed by atoms with E-state index >= 15 is 0 Å². The van der Waals surface area contributed by atoms with Crippen molar-refractivity contribution < 1.29 is 9.59 Å². The normalized spacial score (nSPS) is 19.9. The Morgan fingerprint density at radius 1 is 1.14 bits per heavy atom. The second-order valence-electron chi connectivity index (χ2n) is 9.68. The lowest BCUT2D eigenvalue weighted by Crippen LogP contribution is -2.58. The Bertz CT molecular complexity index is 672. The van der Waals surface area contributed by atoms with Crippen LogP contribution >= 0.6 is 0 Å². The minimum atomic E-state index is -0.0962. The van der Waals surface area contributed by atoms with E-state index in [0.29, 0.717) is 32.0 Å². The lowest BCUT2D eigenvalue weighted by Gasteiger charge is -2.41. The van der Waals surface area contributed by atoms with Gasteiger partial charge in [0.1, 0.15) is 0 Å². The van der Waals surface area contributed by atoms with Crippen LogP contribution in [0.2, 0.25) is 0 Å². The van der Waals surface area contributed by atoms with Crippen molar-refractivity contribution in [2.75, 3.05) is 26.2 Å². The number of carbonyl (C=O) groups excluding carboxylic acids is 2. The van der Waals surface area contributed by atoms with E-state index in [9.17, 15) is 9.59 Å². The van der Waals surface area contributed by atoms with E-state index < -0.39 is 0 Å². The number of rotatable bonds is 6. The molecule has 2 aliphatic rings. The lowest BCUT2D eigenvalue weighted by molar-refractivity contribution is -0.136.